The number of hydrogen-bond donors (Lipinski definition) is 1. The highest BCUT2D eigenvalue weighted by atomic mass is 32.1. The second-order valence-electron chi connectivity index (χ2n) is 3.23. The summed E-state index contributed by atoms with van der Waals surface area (Å²) >= 11 is 1.37. The zero-order chi connectivity index (χ0) is 9.97. The van der Waals surface area contributed by atoms with E-state index < -0.39 is 0 Å². The van der Waals surface area contributed by atoms with Gasteiger partial charge in [-0.2, -0.15) is 4.37 Å². The lowest BCUT2D eigenvalue weighted by atomic mass is 10.2. The maximum Gasteiger partial charge on any atom is 0.205 e. The van der Waals surface area contributed by atoms with Crippen molar-refractivity contribution >= 4 is 16.7 Å². The van der Waals surface area contributed by atoms with E-state index in [1.54, 1.807) is 0 Å². The molecule has 0 bridgehead atoms. The van der Waals surface area contributed by atoms with Gasteiger partial charge in [0, 0.05) is 18.1 Å². The Labute approximate surface area is 86.5 Å². The van der Waals surface area contributed by atoms with Gasteiger partial charge in [-0.25, -0.2) is 4.98 Å². The lowest BCUT2D eigenvalue weighted by Crippen LogP contribution is -2.47. The minimum Gasteiger partial charge on any atom is -0.394 e. The Morgan fingerprint density at radius 2 is 2.57 bits per heavy atom. The first-order chi connectivity index (χ1) is 6.81. The number of morpholine rings is 1. The van der Waals surface area contributed by atoms with E-state index >= 15 is 0 Å². The topological polar surface area (TPSA) is 58.5 Å². The van der Waals surface area contributed by atoms with Crippen molar-refractivity contribution in [3.63, 3.8) is 0 Å². The molecule has 0 aromatic carbocycles. The van der Waals surface area contributed by atoms with Crippen molar-refractivity contribution in [2.75, 3.05) is 31.3 Å². The van der Waals surface area contributed by atoms with Gasteiger partial charge in [-0.15, -0.1) is 0 Å². The second-order valence-corrected chi connectivity index (χ2v) is 3.96. The number of rotatable bonds is 2. The molecule has 1 aromatic rings. The van der Waals surface area contributed by atoms with E-state index in [1.807, 2.05) is 6.92 Å². The number of aryl methyl sites for hydroxylation is 1. The number of nitrogens with zero attached hydrogens (tertiary/aromatic N) is 3. The van der Waals surface area contributed by atoms with E-state index in [0.29, 0.717) is 13.2 Å². The molecule has 1 aromatic heterocycles. The van der Waals surface area contributed by atoms with Crippen LogP contribution in [0.3, 0.4) is 0 Å². The van der Waals surface area contributed by atoms with E-state index in [-0.39, 0.29) is 12.6 Å². The summed E-state index contributed by atoms with van der Waals surface area (Å²) in [4.78, 5) is 6.36. The molecule has 5 nitrogen and oxygen atoms in total. The van der Waals surface area contributed by atoms with Gasteiger partial charge in [-0.3, -0.25) is 0 Å². The van der Waals surface area contributed by atoms with Gasteiger partial charge in [-0.1, -0.05) is 0 Å². The summed E-state index contributed by atoms with van der Waals surface area (Å²) in [5, 5.41) is 10.0. The largest absolute Gasteiger partial charge is 0.394 e. The highest BCUT2D eigenvalue weighted by Gasteiger charge is 2.24. The van der Waals surface area contributed by atoms with Crippen molar-refractivity contribution in [1.29, 1.82) is 0 Å². The first kappa shape index (κ1) is 9.82. The molecule has 0 spiro atoms. The summed E-state index contributed by atoms with van der Waals surface area (Å²) in [6.07, 6.45) is 0. The van der Waals surface area contributed by atoms with Crippen LogP contribution < -0.4 is 4.90 Å². The number of aromatic nitrogens is 2. The Morgan fingerprint density at radius 1 is 1.71 bits per heavy atom. The lowest BCUT2D eigenvalue weighted by molar-refractivity contribution is 0.0727. The highest BCUT2D eigenvalue weighted by Crippen LogP contribution is 2.21. The minimum absolute atomic E-state index is 0.0242. The summed E-state index contributed by atoms with van der Waals surface area (Å²) < 4.78 is 9.41. The summed E-state index contributed by atoms with van der Waals surface area (Å²) in [7, 11) is 0. The average Bonchev–Trinajstić information content (AvgIpc) is 2.65. The number of aliphatic hydroxyl groups is 1. The van der Waals surface area contributed by atoms with Crippen LogP contribution in [0, 0.1) is 6.92 Å². The first-order valence-electron chi connectivity index (χ1n) is 4.57. The van der Waals surface area contributed by atoms with Crippen LogP contribution in [-0.4, -0.2) is 46.9 Å². The standard InChI is InChI=1S/C8H13N3O2S/c1-6-9-8(14-10-6)11-2-3-13-5-7(11)4-12/h7,12H,2-5H2,1H3. The molecule has 1 saturated heterocycles. The van der Waals surface area contributed by atoms with E-state index in [2.05, 4.69) is 14.3 Å². The van der Waals surface area contributed by atoms with Gasteiger partial charge in [0.25, 0.3) is 0 Å². The third-order valence-electron chi connectivity index (χ3n) is 2.20. The van der Waals surface area contributed by atoms with E-state index in [4.69, 9.17) is 9.84 Å². The molecule has 0 amide bonds. The molecular weight excluding hydrogens is 202 g/mol. The molecule has 1 atom stereocenters. The Balaban J connectivity index is 2.14. The quantitative estimate of drug-likeness (QED) is 0.755. The van der Waals surface area contributed by atoms with Crippen LogP contribution >= 0.6 is 11.5 Å². The van der Waals surface area contributed by atoms with Gasteiger partial charge in [0.1, 0.15) is 5.82 Å². The van der Waals surface area contributed by atoms with Crippen molar-refractivity contribution in [2.24, 2.45) is 0 Å². The second kappa shape index (κ2) is 4.20. The van der Waals surface area contributed by atoms with Gasteiger partial charge in [-0.05, 0) is 6.92 Å². The maximum absolute atomic E-state index is 9.16. The van der Waals surface area contributed by atoms with E-state index in [1.165, 1.54) is 11.5 Å². The predicted octanol–water partition coefficient (Wildman–Crippen LogP) is 0.0440. The molecule has 1 fully saturated rings. The number of anilines is 1. The molecule has 0 aliphatic carbocycles. The molecule has 78 valence electrons. The summed E-state index contributed by atoms with van der Waals surface area (Å²) in [6, 6.07) is 0.0242. The minimum atomic E-state index is 0.0242. The molecule has 2 rings (SSSR count). The van der Waals surface area contributed by atoms with Crippen LogP contribution in [0.4, 0.5) is 5.13 Å². The van der Waals surface area contributed by atoms with Gasteiger partial charge in [0.15, 0.2) is 0 Å². The van der Waals surface area contributed by atoms with Gasteiger partial charge in [0.2, 0.25) is 5.13 Å². The fraction of sp³-hybridized carbons (Fsp3) is 0.750. The van der Waals surface area contributed by atoms with Crippen molar-refractivity contribution < 1.29 is 9.84 Å². The van der Waals surface area contributed by atoms with Gasteiger partial charge < -0.3 is 14.7 Å². The van der Waals surface area contributed by atoms with Crippen LogP contribution in [0.5, 0.6) is 0 Å². The third-order valence-corrected chi connectivity index (χ3v) is 3.05. The molecule has 14 heavy (non-hydrogen) atoms. The molecule has 1 aliphatic heterocycles. The van der Waals surface area contributed by atoms with Gasteiger partial charge >= 0.3 is 0 Å². The van der Waals surface area contributed by atoms with Crippen molar-refractivity contribution in [3.05, 3.63) is 5.82 Å². The Kier molecular flexibility index (Phi) is 2.95. The van der Waals surface area contributed by atoms with Crippen molar-refractivity contribution in [3.8, 4) is 0 Å². The Morgan fingerprint density at radius 3 is 3.21 bits per heavy atom. The lowest BCUT2D eigenvalue weighted by Gasteiger charge is -2.33. The molecule has 2 heterocycles. The molecule has 0 saturated carbocycles. The summed E-state index contributed by atoms with van der Waals surface area (Å²) in [5.74, 6) is 0.785. The van der Waals surface area contributed by atoms with Gasteiger partial charge in [0.05, 0.1) is 25.9 Å². The first-order valence-corrected chi connectivity index (χ1v) is 5.34. The Hall–Kier alpha value is -0.720. The fourth-order valence-corrected chi connectivity index (χ4v) is 2.23. The highest BCUT2D eigenvalue weighted by molar-refractivity contribution is 7.09. The maximum atomic E-state index is 9.16. The molecule has 0 radical (unpaired) electrons. The zero-order valence-corrected chi connectivity index (χ0v) is 8.83. The van der Waals surface area contributed by atoms with E-state index in [0.717, 1.165) is 17.5 Å². The average molecular weight is 215 g/mol. The fourth-order valence-electron chi connectivity index (χ4n) is 1.46. The smallest absolute Gasteiger partial charge is 0.205 e. The normalized spacial score (nSPS) is 22.7. The Bertz CT molecular complexity index is 305. The summed E-state index contributed by atoms with van der Waals surface area (Å²) in [6.45, 7) is 4.00. The number of hydrogen-bond acceptors (Lipinski definition) is 6. The molecule has 1 unspecified atom stereocenters. The monoisotopic (exact) mass is 215 g/mol. The SMILES string of the molecule is Cc1nsc(N2CCOCC2CO)n1. The molecule has 6 heteroatoms. The molecule has 1 aliphatic rings. The van der Waals surface area contributed by atoms with Crippen LogP contribution in [0.2, 0.25) is 0 Å². The predicted molar refractivity (Wildman–Crippen MR) is 53.7 cm³/mol. The van der Waals surface area contributed by atoms with Crippen LogP contribution in [0.1, 0.15) is 5.82 Å². The van der Waals surface area contributed by atoms with Crippen molar-refractivity contribution in [1.82, 2.24) is 9.36 Å². The summed E-state index contributed by atoms with van der Waals surface area (Å²) in [5.41, 5.74) is 0. The van der Waals surface area contributed by atoms with Crippen molar-refractivity contribution in [2.45, 2.75) is 13.0 Å². The third kappa shape index (κ3) is 1.87. The molecule has 1 N–H and O–H groups in total. The number of aliphatic hydroxyl groups excluding tert-OH is 1. The van der Waals surface area contributed by atoms with Crippen LogP contribution in [0.15, 0.2) is 0 Å². The number of ether oxygens (including phenoxy) is 1. The van der Waals surface area contributed by atoms with E-state index in [9.17, 15) is 0 Å². The zero-order valence-electron chi connectivity index (χ0n) is 8.01. The van der Waals surface area contributed by atoms with Crippen LogP contribution in [-0.2, 0) is 4.74 Å². The molecular formula is C8H13N3O2S. The van der Waals surface area contributed by atoms with Crippen LogP contribution in [0.25, 0.3) is 0 Å².